The largest absolute Gasteiger partial charge is 0.337 e. The third-order valence-corrected chi connectivity index (χ3v) is 5.27. The third kappa shape index (κ3) is 3.31. The minimum Gasteiger partial charge on any atom is -0.337 e. The lowest BCUT2D eigenvalue weighted by Gasteiger charge is -2.13. The number of thiophene rings is 1. The molecule has 0 N–H and O–H groups in total. The molecule has 2 aromatic heterocycles. The van der Waals surface area contributed by atoms with Gasteiger partial charge in [-0.05, 0) is 23.4 Å². The van der Waals surface area contributed by atoms with E-state index in [0.717, 1.165) is 26.7 Å². The predicted octanol–water partition coefficient (Wildman–Crippen LogP) is 2.85. The highest BCUT2D eigenvalue weighted by molar-refractivity contribution is 7.09. The van der Waals surface area contributed by atoms with Gasteiger partial charge in [-0.15, -0.1) is 11.3 Å². The molecule has 1 aromatic carbocycles. The number of amides is 4. The number of hydrogen-bond donors (Lipinski definition) is 0. The van der Waals surface area contributed by atoms with Crippen molar-refractivity contribution in [2.24, 2.45) is 0 Å². The molecule has 8 nitrogen and oxygen atoms in total. The lowest BCUT2D eigenvalue weighted by Crippen LogP contribution is -2.32. The summed E-state index contributed by atoms with van der Waals surface area (Å²) in [5, 5.41) is 5.74. The van der Waals surface area contributed by atoms with Crippen LogP contribution in [0.1, 0.15) is 23.3 Å². The van der Waals surface area contributed by atoms with Crippen molar-refractivity contribution in [3.63, 3.8) is 0 Å². The molecule has 1 aliphatic rings. The van der Waals surface area contributed by atoms with Gasteiger partial charge in [-0.2, -0.15) is 4.98 Å². The van der Waals surface area contributed by atoms with E-state index in [1.54, 1.807) is 6.07 Å². The van der Waals surface area contributed by atoms with Crippen molar-refractivity contribution in [2.45, 2.75) is 26.4 Å². The maximum atomic E-state index is 12.5. The average Bonchev–Trinajstić information content (AvgIpc) is 3.44. The number of benzene rings is 1. The van der Waals surface area contributed by atoms with Gasteiger partial charge < -0.3 is 4.52 Å². The molecule has 0 unspecified atom stereocenters. The Bertz CT molecular complexity index is 1030. The van der Waals surface area contributed by atoms with Gasteiger partial charge >= 0.3 is 17.8 Å². The fraction of sp³-hybridized carbons (Fsp3) is 0.211. The number of nitrogens with zero attached hydrogens (tertiary/aromatic N) is 4. The Hall–Kier alpha value is -3.33. The maximum Gasteiger partial charge on any atom is 0.335 e. The van der Waals surface area contributed by atoms with Gasteiger partial charge in [0.15, 0.2) is 0 Å². The van der Waals surface area contributed by atoms with Crippen molar-refractivity contribution in [2.75, 3.05) is 0 Å². The first kappa shape index (κ1) is 18.1. The fourth-order valence-electron chi connectivity index (χ4n) is 2.85. The lowest BCUT2D eigenvalue weighted by atomic mass is 10.1. The molecular weight excluding hydrogens is 380 g/mol. The summed E-state index contributed by atoms with van der Waals surface area (Å²) >= 11 is 1.41. The molecule has 4 amide bonds. The molecular formula is C19H16N4O4S. The Morgan fingerprint density at radius 2 is 1.71 bits per heavy atom. The van der Waals surface area contributed by atoms with Gasteiger partial charge in [0.25, 0.3) is 0 Å². The third-order valence-electron chi connectivity index (χ3n) is 4.41. The second-order valence-electron chi connectivity index (χ2n) is 6.21. The Balaban J connectivity index is 1.49. The predicted molar refractivity (Wildman–Crippen MR) is 99.9 cm³/mol. The van der Waals surface area contributed by atoms with Crippen LogP contribution in [0, 0.1) is 0 Å². The topological polar surface area (TPSA) is 96.6 Å². The second-order valence-corrected chi connectivity index (χ2v) is 7.24. The van der Waals surface area contributed by atoms with Crippen LogP contribution in [0.3, 0.4) is 0 Å². The number of carbonyl (C=O) groups excluding carboxylic acids is 3. The van der Waals surface area contributed by atoms with Gasteiger partial charge in [-0.25, -0.2) is 9.69 Å². The summed E-state index contributed by atoms with van der Waals surface area (Å²) in [6, 6.07) is 10.6. The molecule has 1 aliphatic heterocycles. The molecule has 28 heavy (non-hydrogen) atoms. The van der Waals surface area contributed by atoms with Crippen LogP contribution in [0.2, 0.25) is 0 Å². The number of carbonyl (C=O) groups is 3. The van der Waals surface area contributed by atoms with Gasteiger partial charge in [0.2, 0.25) is 11.7 Å². The maximum absolute atomic E-state index is 12.5. The van der Waals surface area contributed by atoms with Crippen molar-refractivity contribution < 1.29 is 18.9 Å². The Morgan fingerprint density at radius 1 is 1.00 bits per heavy atom. The minimum absolute atomic E-state index is 0.0659. The number of aromatic nitrogens is 2. The quantitative estimate of drug-likeness (QED) is 0.469. The van der Waals surface area contributed by atoms with Gasteiger partial charge in [0.05, 0.1) is 6.54 Å². The number of imide groups is 2. The van der Waals surface area contributed by atoms with Gasteiger partial charge in [-0.3, -0.25) is 14.5 Å². The fourth-order valence-corrected chi connectivity index (χ4v) is 3.54. The minimum atomic E-state index is -0.895. The van der Waals surface area contributed by atoms with Crippen LogP contribution in [-0.4, -0.2) is 37.8 Å². The Morgan fingerprint density at radius 3 is 2.36 bits per heavy atom. The highest BCUT2D eigenvalue weighted by Crippen LogP contribution is 2.22. The number of aryl methyl sites for hydroxylation is 1. The monoisotopic (exact) mass is 396 g/mol. The Kier molecular flexibility index (Phi) is 4.74. The molecule has 1 fully saturated rings. The van der Waals surface area contributed by atoms with E-state index in [1.807, 2.05) is 35.7 Å². The zero-order chi connectivity index (χ0) is 19.7. The van der Waals surface area contributed by atoms with Crippen molar-refractivity contribution in [1.82, 2.24) is 19.9 Å². The lowest BCUT2D eigenvalue weighted by molar-refractivity contribution is -0.143. The molecule has 0 saturated carbocycles. The van der Waals surface area contributed by atoms with E-state index in [4.69, 9.17) is 4.52 Å². The standard InChI is InChI=1S/C19H16N4O4S/c1-2-12-5-7-13(8-6-12)16-20-15(27-21-16)11-23-18(25)17(24)22(19(23)26)10-14-4-3-9-28-14/h3-9H,2,10-11H2,1H3. The zero-order valence-corrected chi connectivity index (χ0v) is 15.8. The van der Waals surface area contributed by atoms with E-state index in [-0.39, 0.29) is 19.0 Å². The molecule has 3 heterocycles. The average molecular weight is 396 g/mol. The van der Waals surface area contributed by atoms with Crippen LogP contribution >= 0.6 is 11.3 Å². The zero-order valence-electron chi connectivity index (χ0n) is 15.0. The first-order valence-electron chi connectivity index (χ1n) is 8.68. The molecule has 9 heteroatoms. The van der Waals surface area contributed by atoms with Gasteiger partial charge in [-0.1, -0.05) is 42.4 Å². The summed E-state index contributed by atoms with van der Waals surface area (Å²) in [6.07, 6.45) is 0.924. The van der Waals surface area contributed by atoms with E-state index < -0.39 is 17.8 Å². The van der Waals surface area contributed by atoms with Crippen LogP contribution in [0.15, 0.2) is 46.3 Å². The van der Waals surface area contributed by atoms with E-state index in [0.29, 0.717) is 5.82 Å². The Labute approximate surface area is 164 Å². The van der Waals surface area contributed by atoms with Crippen molar-refractivity contribution >= 4 is 29.2 Å². The summed E-state index contributed by atoms with van der Waals surface area (Å²) in [6.45, 7) is 1.88. The van der Waals surface area contributed by atoms with Gasteiger partial charge in [0, 0.05) is 10.4 Å². The molecule has 0 radical (unpaired) electrons. The van der Waals surface area contributed by atoms with Crippen LogP contribution < -0.4 is 0 Å². The van der Waals surface area contributed by atoms with Gasteiger partial charge in [0.1, 0.15) is 6.54 Å². The van der Waals surface area contributed by atoms with Crippen molar-refractivity contribution in [3.05, 3.63) is 58.1 Å². The molecule has 0 bridgehead atoms. The van der Waals surface area contributed by atoms with E-state index in [1.165, 1.54) is 16.9 Å². The summed E-state index contributed by atoms with van der Waals surface area (Å²) in [4.78, 5) is 43.8. The molecule has 3 aromatic rings. The molecule has 1 saturated heterocycles. The van der Waals surface area contributed by atoms with Crippen molar-refractivity contribution in [1.29, 1.82) is 0 Å². The molecule has 0 spiro atoms. The van der Waals surface area contributed by atoms with E-state index >= 15 is 0 Å². The molecule has 4 rings (SSSR count). The van der Waals surface area contributed by atoms with Crippen molar-refractivity contribution in [3.8, 4) is 11.4 Å². The van der Waals surface area contributed by atoms with Crippen LogP contribution in [-0.2, 0) is 29.1 Å². The summed E-state index contributed by atoms with van der Waals surface area (Å²) in [5.74, 6) is -1.30. The number of hydrogen-bond acceptors (Lipinski definition) is 7. The SMILES string of the molecule is CCc1ccc(-c2noc(CN3C(=O)C(=O)N(Cc4cccs4)C3=O)n2)cc1. The highest BCUT2D eigenvalue weighted by atomic mass is 32.1. The number of urea groups is 1. The van der Waals surface area contributed by atoms with Crippen LogP contribution in [0.5, 0.6) is 0 Å². The molecule has 0 atom stereocenters. The summed E-state index contributed by atoms with van der Waals surface area (Å²) in [7, 11) is 0. The number of rotatable bonds is 6. The highest BCUT2D eigenvalue weighted by Gasteiger charge is 2.45. The summed E-state index contributed by atoms with van der Waals surface area (Å²) < 4.78 is 5.18. The van der Waals surface area contributed by atoms with E-state index in [2.05, 4.69) is 17.1 Å². The first-order chi connectivity index (χ1) is 13.6. The molecule has 0 aliphatic carbocycles. The van der Waals surface area contributed by atoms with E-state index in [9.17, 15) is 14.4 Å². The normalized spacial score (nSPS) is 14.4. The molecule has 142 valence electrons. The van der Waals surface area contributed by atoms with Crippen LogP contribution in [0.25, 0.3) is 11.4 Å². The van der Waals surface area contributed by atoms with Crippen LogP contribution in [0.4, 0.5) is 4.79 Å². The summed E-state index contributed by atoms with van der Waals surface area (Å²) in [5.41, 5.74) is 1.95. The smallest absolute Gasteiger partial charge is 0.335 e. The second kappa shape index (κ2) is 7.35. The first-order valence-corrected chi connectivity index (χ1v) is 9.56.